The van der Waals surface area contributed by atoms with E-state index in [2.05, 4.69) is 10.3 Å². The van der Waals surface area contributed by atoms with Crippen molar-refractivity contribution in [1.29, 1.82) is 0 Å². The van der Waals surface area contributed by atoms with Crippen LogP contribution >= 0.6 is 11.3 Å². The highest BCUT2D eigenvalue weighted by molar-refractivity contribution is 7.17. The summed E-state index contributed by atoms with van der Waals surface area (Å²) < 4.78 is 4.90. The maximum atomic E-state index is 11.6. The lowest BCUT2D eigenvalue weighted by molar-refractivity contribution is -0.384. The zero-order chi connectivity index (χ0) is 16.1. The van der Waals surface area contributed by atoms with Gasteiger partial charge in [0, 0.05) is 12.1 Å². The maximum Gasteiger partial charge on any atom is 0.350 e. The first kappa shape index (κ1) is 15.9. The molecular formula is C14H15N3O4S. The van der Waals surface area contributed by atoms with Crippen molar-refractivity contribution in [2.24, 2.45) is 0 Å². The molecule has 0 saturated heterocycles. The Kier molecular flexibility index (Phi) is 5.05. The minimum Gasteiger partial charge on any atom is -0.462 e. The summed E-state index contributed by atoms with van der Waals surface area (Å²) in [7, 11) is 0. The highest BCUT2D eigenvalue weighted by Gasteiger charge is 2.15. The first-order chi connectivity index (χ1) is 10.5. The number of hydrogen-bond donors (Lipinski definition) is 1. The minimum absolute atomic E-state index is 0.0394. The van der Waals surface area contributed by atoms with E-state index in [0.29, 0.717) is 16.6 Å². The number of nitrogens with one attached hydrogen (secondary N) is 1. The van der Waals surface area contributed by atoms with Crippen molar-refractivity contribution >= 4 is 28.1 Å². The highest BCUT2D eigenvalue weighted by Crippen LogP contribution is 2.26. The highest BCUT2D eigenvalue weighted by atomic mass is 32.1. The van der Waals surface area contributed by atoms with Gasteiger partial charge in [-0.3, -0.25) is 10.1 Å². The normalized spacial score (nSPS) is 11.7. The topological polar surface area (TPSA) is 94.4 Å². The number of hydrogen-bond acceptors (Lipinski definition) is 7. The molecule has 1 aromatic heterocycles. The van der Waals surface area contributed by atoms with Crippen molar-refractivity contribution in [2.75, 3.05) is 11.9 Å². The van der Waals surface area contributed by atoms with Gasteiger partial charge in [-0.25, -0.2) is 9.78 Å². The van der Waals surface area contributed by atoms with Crippen LogP contribution in [0.5, 0.6) is 0 Å². The summed E-state index contributed by atoms with van der Waals surface area (Å²) in [6.45, 7) is 3.91. The summed E-state index contributed by atoms with van der Waals surface area (Å²) in [5.41, 5.74) is 0.805. The van der Waals surface area contributed by atoms with Gasteiger partial charge in [-0.1, -0.05) is 23.5 Å². The third-order valence-electron chi connectivity index (χ3n) is 2.90. The fourth-order valence-corrected chi connectivity index (χ4v) is 2.61. The van der Waals surface area contributed by atoms with E-state index in [1.807, 2.05) is 6.92 Å². The minimum atomic E-state index is -0.432. The molecule has 0 fully saturated rings. The van der Waals surface area contributed by atoms with E-state index in [-0.39, 0.29) is 11.7 Å². The average Bonchev–Trinajstić information content (AvgIpc) is 2.96. The van der Waals surface area contributed by atoms with Crippen LogP contribution in [0, 0.1) is 10.1 Å². The second kappa shape index (κ2) is 6.99. The first-order valence-corrected chi connectivity index (χ1v) is 7.46. The maximum absolute atomic E-state index is 11.6. The zero-order valence-corrected chi connectivity index (χ0v) is 12.9. The van der Waals surface area contributed by atoms with Crippen molar-refractivity contribution in [3.05, 3.63) is 51.0 Å². The van der Waals surface area contributed by atoms with Gasteiger partial charge in [0.25, 0.3) is 5.69 Å². The molecule has 7 nitrogen and oxygen atoms in total. The first-order valence-electron chi connectivity index (χ1n) is 6.65. The van der Waals surface area contributed by atoms with Crippen molar-refractivity contribution in [3.8, 4) is 0 Å². The number of esters is 1. The van der Waals surface area contributed by atoms with Gasteiger partial charge in [-0.2, -0.15) is 0 Å². The van der Waals surface area contributed by atoms with Crippen LogP contribution in [0.2, 0.25) is 0 Å². The second-order valence-electron chi connectivity index (χ2n) is 4.47. The molecule has 1 N–H and O–H groups in total. The molecule has 0 saturated carbocycles. The summed E-state index contributed by atoms with van der Waals surface area (Å²) in [5, 5.41) is 14.5. The molecule has 22 heavy (non-hydrogen) atoms. The van der Waals surface area contributed by atoms with Gasteiger partial charge < -0.3 is 10.1 Å². The Morgan fingerprint density at radius 2 is 2.32 bits per heavy atom. The fourth-order valence-electron chi connectivity index (χ4n) is 1.81. The monoisotopic (exact) mass is 321 g/mol. The summed E-state index contributed by atoms with van der Waals surface area (Å²) in [4.78, 5) is 26.5. The van der Waals surface area contributed by atoms with E-state index in [4.69, 9.17) is 4.74 Å². The van der Waals surface area contributed by atoms with Gasteiger partial charge in [-0.05, 0) is 19.4 Å². The number of nitro benzene ring substituents is 1. The lowest BCUT2D eigenvalue weighted by Crippen LogP contribution is -2.06. The van der Waals surface area contributed by atoms with E-state index in [0.717, 1.165) is 5.56 Å². The lowest BCUT2D eigenvalue weighted by atomic mass is 10.1. The van der Waals surface area contributed by atoms with Crippen molar-refractivity contribution in [3.63, 3.8) is 0 Å². The molecule has 1 atom stereocenters. The average molecular weight is 321 g/mol. The third-order valence-corrected chi connectivity index (χ3v) is 3.81. The molecule has 1 unspecified atom stereocenters. The Labute approximate surface area is 131 Å². The zero-order valence-electron chi connectivity index (χ0n) is 12.1. The molecule has 0 amide bonds. The van der Waals surface area contributed by atoms with Crippen LogP contribution in [0.3, 0.4) is 0 Å². The van der Waals surface area contributed by atoms with Gasteiger partial charge in [0.1, 0.15) is 4.88 Å². The molecule has 0 bridgehead atoms. The third kappa shape index (κ3) is 3.79. The van der Waals surface area contributed by atoms with Gasteiger partial charge >= 0.3 is 5.97 Å². The number of carbonyl (C=O) groups excluding carboxylic acids is 1. The number of benzene rings is 1. The number of carbonyl (C=O) groups is 1. The molecule has 1 heterocycles. The summed E-state index contributed by atoms with van der Waals surface area (Å²) >= 11 is 1.18. The summed E-state index contributed by atoms with van der Waals surface area (Å²) in [6.07, 6.45) is 1.45. The number of thiazole rings is 1. The number of non-ortho nitro benzene ring substituents is 1. The van der Waals surface area contributed by atoms with E-state index >= 15 is 0 Å². The molecular weight excluding hydrogens is 306 g/mol. The number of nitro groups is 1. The Hall–Kier alpha value is -2.48. The second-order valence-corrected chi connectivity index (χ2v) is 5.50. The van der Waals surface area contributed by atoms with Crippen LogP contribution < -0.4 is 5.32 Å². The molecule has 0 radical (unpaired) electrons. The van der Waals surface area contributed by atoms with E-state index in [1.54, 1.807) is 19.1 Å². The fraction of sp³-hybridized carbons (Fsp3) is 0.286. The van der Waals surface area contributed by atoms with Gasteiger partial charge in [0.15, 0.2) is 5.13 Å². The van der Waals surface area contributed by atoms with Crippen molar-refractivity contribution < 1.29 is 14.5 Å². The van der Waals surface area contributed by atoms with E-state index < -0.39 is 10.9 Å². The Bertz CT molecular complexity index is 686. The molecule has 2 rings (SSSR count). The van der Waals surface area contributed by atoms with E-state index in [1.165, 1.54) is 29.7 Å². The molecule has 1 aromatic carbocycles. The van der Waals surface area contributed by atoms with Crippen LogP contribution in [0.25, 0.3) is 0 Å². The van der Waals surface area contributed by atoms with Crippen molar-refractivity contribution in [1.82, 2.24) is 4.98 Å². The molecule has 116 valence electrons. The van der Waals surface area contributed by atoms with Crippen LogP contribution in [-0.2, 0) is 4.74 Å². The Morgan fingerprint density at radius 3 is 3.00 bits per heavy atom. The quantitative estimate of drug-likeness (QED) is 0.498. The molecule has 8 heteroatoms. The number of anilines is 1. The smallest absolute Gasteiger partial charge is 0.350 e. The molecule has 0 aliphatic rings. The molecule has 0 aliphatic heterocycles. The van der Waals surface area contributed by atoms with Crippen LogP contribution in [0.4, 0.5) is 10.8 Å². The number of ether oxygens (including phenoxy) is 1. The molecule has 2 aromatic rings. The number of nitrogens with zero attached hydrogens (tertiary/aromatic N) is 2. The Balaban J connectivity index is 2.09. The van der Waals surface area contributed by atoms with Crippen LogP contribution in [0.1, 0.15) is 35.1 Å². The van der Waals surface area contributed by atoms with Gasteiger partial charge in [0.05, 0.1) is 23.8 Å². The number of rotatable bonds is 6. The largest absolute Gasteiger partial charge is 0.462 e. The van der Waals surface area contributed by atoms with E-state index in [9.17, 15) is 14.9 Å². The standard InChI is InChI=1S/C14H15N3O4S/c1-3-21-13(18)12-8-15-14(22-12)16-9(2)10-5-4-6-11(7-10)17(19)20/h4-9H,3H2,1-2H3,(H,15,16). The van der Waals surface area contributed by atoms with Crippen LogP contribution in [-0.4, -0.2) is 22.5 Å². The number of aromatic nitrogens is 1. The molecule has 0 aliphatic carbocycles. The van der Waals surface area contributed by atoms with Crippen LogP contribution in [0.15, 0.2) is 30.5 Å². The summed E-state index contributed by atoms with van der Waals surface area (Å²) in [6, 6.07) is 6.21. The van der Waals surface area contributed by atoms with Gasteiger partial charge in [0.2, 0.25) is 0 Å². The predicted molar refractivity (Wildman–Crippen MR) is 83.2 cm³/mol. The van der Waals surface area contributed by atoms with Crippen molar-refractivity contribution in [2.45, 2.75) is 19.9 Å². The summed E-state index contributed by atoms with van der Waals surface area (Å²) in [5.74, 6) is -0.406. The Morgan fingerprint density at radius 1 is 1.55 bits per heavy atom. The lowest BCUT2D eigenvalue weighted by Gasteiger charge is -2.12. The molecule has 0 spiro atoms. The van der Waals surface area contributed by atoms with Gasteiger partial charge in [-0.15, -0.1) is 0 Å². The predicted octanol–water partition coefficient (Wildman–Crippen LogP) is 3.40. The SMILES string of the molecule is CCOC(=O)c1cnc(NC(C)c2cccc([N+](=O)[O-])c2)s1.